The molecule has 0 unspecified atom stereocenters. The highest BCUT2D eigenvalue weighted by Crippen LogP contribution is 2.36. The Hall–Kier alpha value is -2.45. The molecule has 1 saturated carbocycles. The van der Waals surface area contributed by atoms with Crippen molar-refractivity contribution in [2.75, 3.05) is 19.8 Å². The molecule has 150 valence electrons. The van der Waals surface area contributed by atoms with E-state index in [1.807, 2.05) is 0 Å². The molecule has 0 saturated heterocycles. The van der Waals surface area contributed by atoms with Crippen LogP contribution in [0.25, 0.3) is 0 Å². The Bertz CT molecular complexity index is 657. The number of para-hydroxylation sites is 2. The minimum absolute atomic E-state index is 0.00233. The van der Waals surface area contributed by atoms with Gasteiger partial charge in [-0.05, 0) is 25.0 Å². The molecule has 2 rings (SSSR count). The van der Waals surface area contributed by atoms with Gasteiger partial charge in [0.05, 0.1) is 5.41 Å². The largest absolute Gasteiger partial charge is 0.481 e. The summed E-state index contributed by atoms with van der Waals surface area (Å²) in [6.45, 7) is -1.93. The summed E-state index contributed by atoms with van der Waals surface area (Å²) < 4.78 is 46.8. The van der Waals surface area contributed by atoms with Gasteiger partial charge in [-0.1, -0.05) is 31.4 Å². The number of hydrogen-bond donors (Lipinski definition) is 2. The minimum atomic E-state index is -4.49. The van der Waals surface area contributed by atoms with Crippen LogP contribution in [0, 0.1) is 5.41 Å². The number of amides is 1. The number of ether oxygens (including phenoxy) is 2. The molecule has 1 fully saturated rings. The van der Waals surface area contributed by atoms with E-state index < -0.39 is 36.7 Å². The monoisotopic (exact) mass is 389 g/mol. The van der Waals surface area contributed by atoms with Crippen LogP contribution in [0.15, 0.2) is 24.3 Å². The first kappa shape index (κ1) is 20.9. The van der Waals surface area contributed by atoms with Crippen molar-refractivity contribution in [2.24, 2.45) is 5.41 Å². The molecule has 0 spiro atoms. The maximum Gasteiger partial charge on any atom is 0.422 e. The topological polar surface area (TPSA) is 84.9 Å². The smallest absolute Gasteiger partial charge is 0.422 e. The van der Waals surface area contributed by atoms with E-state index >= 15 is 0 Å². The van der Waals surface area contributed by atoms with E-state index in [2.05, 4.69) is 10.1 Å². The molecule has 1 aromatic rings. The van der Waals surface area contributed by atoms with E-state index in [0.29, 0.717) is 12.8 Å². The fourth-order valence-electron chi connectivity index (χ4n) is 3.01. The van der Waals surface area contributed by atoms with Gasteiger partial charge in [-0.15, -0.1) is 0 Å². The second kappa shape index (κ2) is 8.96. The summed E-state index contributed by atoms with van der Waals surface area (Å²) in [7, 11) is 0. The molecule has 0 atom stereocenters. The first-order chi connectivity index (χ1) is 12.7. The van der Waals surface area contributed by atoms with Crippen LogP contribution >= 0.6 is 0 Å². The number of carboxylic acids is 1. The zero-order valence-electron chi connectivity index (χ0n) is 14.7. The Kier molecular flexibility index (Phi) is 6.92. The van der Waals surface area contributed by atoms with E-state index in [4.69, 9.17) is 4.74 Å². The highest BCUT2D eigenvalue weighted by molar-refractivity contribution is 5.80. The van der Waals surface area contributed by atoms with Gasteiger partial charge < -0.3 is 19.9 Å². The van der Waals surface area contributed by atoms with E-state index in [9.17, 15) is 27.9 Å². The highest BCUT2D eigenvalue weighted by atomic mass is 19.4. The predicted molar refractivity (Wildman–Crippen MR) is 89.7 cm³/mol. The van der Waals surface area contributed by atoms with Gasteiger partial charge in [-0.2, -0.15) is 13.2 Å². The second-order valence-electron chi connectivity index (χ2n) is 6.56. The van der Waals surface area contributed by atoms with Crippen molar-refractivity contribution in [2.45, 2.75) is 38.3 Å². The second-order valence-corrected chi connectivity index (χ2v) is 6.56. The van der Waals surface area contributed by atoms with Crippen LogP contribution in [-0.2, 0) is 9.59 Å². The maximum atomic E-state index is 12.3. The van der Waals surface area contributed by atoms with Crippen LogP contribution < -0.4 is 14.8 Å². The molecular formula is C18H22F3NO5. The van der Waals surface area contributed by atoms with Crippen molar-refractivity contribution < 1.29 is 37.3 Å². The van der Waals surface area contributed by atoms with Gasteiger partial charge in [-0.3, -0.25) is 9.59 Å². The molecule has 0 bridgehead atoms. The van der Waals surface area contributed by atoms with E-state index in [0.717, 1.165) is 19.3 Å². The van der Waals surface area contributed by atoms with Crippen molar-refractivity contribution in [1.29, 1.82) is 0 Å². The summed E-state index contributed by atoms with van der Waals surface area (Å²) in [4.78, 5) is 23.6. The quantitative estimate of drug-likeness (QED) is 0.714. The number of halogens is 3. The number of carbonyl (C=O) groups excluding carboxylic acids is 1. The van der Waals surface area contributed by atoms with Crippen LogP contribution in [0.1, 0.15) is 32.1 Å². The summed E-state index contributed by atoms with van der Waals surface area (Å²) in [6, 6.07) is 5.72. The van der Waals surface area contributed by atoms with Crippen LogP contribution in [-0.4, -0.2) is 42.9 Å². The summed E-state index contributed by atoms with van der Waals surface area (Å²) in [5, 5.41) is 12.0. The SMILES string of the molecule is O=C(COc1ccccc1OCC(F)(F)F)NCC1(C(=O)O)CCCCC1. The number of carbonyl (C=O) groups is 2. The summed E-state index contributed by atoms with van der Waals surface area (Å²) in [6.07, 6.45) is -0.934. The highest BCUT2D eigenvalue weighted by Gasteiger charge is 2.39. The summed E-state index contributed by atoms with van der Waals surface area (Å²) >= 11 is 0. The lowest BCUT2D eigenvalue weighted by Gasteiger charge is -2.33. The van der Waals surface area contributed by atoms with Gasteiger partial charge in [0.25, 0.3) is 5.91 Å². The lowest BCUT2D eigenvalue weighted by atomic mass is 9.74. The Labute approximate surface area is 154 Å². The van der Waals surface area contributed by atoms with Gasteiger partial charge in [0.15, 0.2) is 24.7 Å². The van der Waals surface area contributed by atoms with Crippen LogP contribution in [0.4, 0.5) is 13.2 Å². The molecule has 9 heteroatoms. The Balaban J connectivity index is 1.87. The van der Waals surface area contributed by atoms with Crippen molar-refractivity contribution in [3.8, 4) is 11.5 Å². The molecule has 6 nitrogen and oxygen atoms in total. The number of nitrogens with one attached hydrogen (secondary N) is 1. The fourth-order valence-corrected chi connectivity index (χ4v) is 3.01. The molecule has 27 heavy (non-hydrogen) atoms. The average molecular weight is 389 g/mol. The number of aliphatic carboxylic acids is 1. The van der Waals surface area contributed by atoms with Gasteiger partial charge in [0.1, 0.15) is 0 Å². The van der Waals surface area contributed by atoms with E-state index in [1.54, 1.807) is 0 Å². The summed E-state index contributed by atoms with van der Waals surface area (Å²) in [5.41, 5.74) is -0.971. The fraction of sp³-hybridized carbons (Fsp3) is 0.556. The van der Waals surface area contributed by atoms with Crippen LogP contribution in [0.5, 0.6) is 11.5 Å². The molecule has 1 aliphatic carbocycles. The Morgan fingerprint density at radius 1 is 1.07 bits per heavy atom. The Morgan fingerprint density at radius 3 is 2.22 bits per heavy atom. The van der Waals surface area contributed by atoms with Crippen molar-refractivity contribution in [3.05, 3.63) is 24.3 Å². The number of benzene rings is 1. The van der Waals surface area contributed by atoms with Gasteiger partial charge in [0.2, 0.25) is 0 Å². The molecule has 0 aliphatic heterocycles. The predicted octanol–water partition coefficient (Wildman–Crippen LogP) is 3.16. The maximum absolute atomic E-state index is 12.3. The lowest BCUT2D eigenvalue weighted by molar-refractivity contribution is -0.154. The molecule has 1 aromatic carbocycles. The zero-order chi connectivity index (χ0) is 19.9. The molecular weight excluding hydrogens is 367 g/mol. The van der Waals surface area contributed by atoms with E-state index in [-0.39, 0.29) is 18.0 Å². The molecule has 2 N–H and O–H groups in total. The molecule has 1 amide bonds. The zero-order valence-corrected chi connectivity index (χ0v) is 14.7. The van der Waals surface area contributed by atoms with Gasteiger partial charge in [0, 0.05) is 6.54 Å². The van der Waals surface area contributed by atoms with Crippen LogP contribution in [0.3, 0.4) is 0 Å². The molecule has 0 radical (unpaired) electrons. The van der Waals surface area contributed by atoms with E-state index in [1.165, 1.54) is 24.3 Å². The molecule has 0 aromatic heterocycles. The molecule has 0 heterocycles. The third-order valence-corrected chi connectivity index (χ3v) is 4.49. The van der Waals surface area contributed by atoms with Crippen molar-refractivity contribution in [3.63, 3.8) is 0 Å². The number of rotatable bonds is 8. The normalized spacial score (nSPS) is 16.4. The van der Waals surface area contributed by atoms with Crippen molar-refractivity contribution >= 4 is 11.9 Å². The van der Waals surface area contributed by atoms with Gasteiger partial charge in [-0.25, -0.2) is 0 Å². The van der Waals surface area contributed by atoms with Crippen LogP contribution in [0.2, 0.25) is 0 Å². The minimum Gasteiger partial charge on any atom is -0.481 e. The Morgan fingerprint density at radius 2 is 1.67 bits per heavy atom. The lowest BCUT2D eigenvalue weighted by Crippen LogP contribution is -2.45. The number of alkyl halides is 3. The van der Waals surface area contributed by atoms with Crippen molar-refractivity contribution in [1.82, 2.24) is 5.32 Å². The molecule has 1 aliphatic rings. The third-order valence-electron chi connectivity index (χ3n) is 4.49. The third kappa shape index (κ3) is 6.33. The van der Waals surface area contributed by atoms with Gasteiger partial charge >= 0.3 is 12.1 Å². The first-order valence-corrected chi connectivity index (χ1v) is 8.63. The standard InChI is InChI=1S/C18H22F3NO5/c19-18(20,21)12-27-14-7-3-2-6-13(14)26-10-15(23)22-11-17(16(24)25)8-4-1-5-9-17/h2-3,6-7H,1,4-5,8-12H2,(H,22,23)(H,24,25). The first-order valence-electron chi connectivity index (χ1n) is 8.63. The summed E-state index contributed by atoms with van der Waals surface area (Å²) in [5.74, 6) is -1.61. The number of carboxylic acid groups (broad SMARTS) is 1. The number of hydrogen-bond acceptors (Lipinski definition) is 4. The average Bonchev–Trinajstić information content (AvgIpc) is 2.63.